The van der Waals surface area contributed by atoms with Gasteiger partial charge in [-0.15, -0.1) is 0 Å². The minimum atomic E-state index is -0.793. The van der Waals surface area contributed by atoms with E-state index in [9.17, 15) is 14.4 Å². The lowest BCUT2D eigenvalue weighted by Crippen LogP contribution is -2.30. The molecule has 0 aliphatic rings. The van der Waals surface area contributed by atoms with Crippen molar-refractivity contribution in [1.29, 1.82) is 0 Å². The van der Waals surface area contributed by atoms with Crippen LogP contribution in [0.4, 0.5) is 0 Å². The van der Waals surface area contributed by atoms with Gasteiger partial charge >= 0.3 is 17.9 Å². The second-order valence-electron chi connectivity index (χ2n) is 22.7. The molecule has 0 aromatic rings. The van der Waals surface area contributed by atoms with E-state index in [1.165, 1.54) is 148 Å². The van der Waals surface area contributed by atoms with Crippen molar-refractivity contribution >= 4 is 17.9 Å². The Kier molecular flexibility index (Phi) is 65.2. The van der Waals surface area contributed by atoms with Gasteiger partial charge in [0.2, 0.25) is 0 Å². The molecule has 0 saturated carbocycles. The second kappa shape index (κ2) is 68.6. The van der Waals surface area contributed by atoms with Crippen molar-refractivity contribution in [3.63, 3.8) is 0 Å². The Balaban J connectivity index is 4.27. The molecule has 0 bridgehead atoms. The molecule has 464 valence electrons. The highest BCUT2D eigenvalue weighted by Gasteiger charge is 2.19. The van der Waals surface area contributed by atoms with Crippen LogP contribution >= 0.6 is 0 Å². The maximum atomic E-state index is 12.9. The van der Waals surface area contributed by atoms with E-state index in [0.717, 1.165) is 141 Å². The van der Waals surface area contributed by atoms with Gasteiger partial charge in [-0.3, -0.25) is 14.4 Å². The van der Waals surface area contributed by atoms with Crippen molar-refractivity contribution < 1.29 is 28.6 Å². The summed E-state index contributed by atoms with van der Waals surface area (Å²) in [6, 6.07) is 0. The van der Waals surface area contributed by atoms with E-state index >= 15 is 0 Å². The molecule has 6 nitrogen and oxygen atoms in total. The Hall–Kier alpha value is -3.93. The van der Waals surface area contributed by atoms with Crippen molar-refractivity contribution in [3.8, 4) is 0 Å². The first-order valence-electron chi connectivity index (χ1n) is 34.4. The molecule has 81 heavy (non-hydrogen) atoms. The third kappa shape index (κ3) is 66.8. The standard InChI is InChI=1S/C75H128O6/c1-4-7-10-13-16-19-22-24-26-28-30-32-34-36-37-38-39-40-42-43-45-47-49-51-53-56-59-62-65-68-74(77)80-71-72(70-79-73(76)67-64-61-58-55-21-18-15-12-9-6-3)81-75(78)69-66-63-60-57-54-52-50-48-46-44-41-35-33-31-29-27-25-23-20-17-14-11-8-5-2/h7,10,12,15-16,19,24,26,30,32,36-37,39-40,43,45,49,51,72H,4-6,8-9,11,13-14,17-18,20-23,25,27-29,31,33-35,38,41-42,44,46-48,50,52-71H2,1-3H3/b10-7-,15-12-,19-16-,26-24-,32-30-,37-36-,40-39-,45-43-,51-49-. The van der Waals surface area contributed by atoms with Crippen molar-refractivity contribution in [3.05, 3.63) is 109 Å². The Bertz CT molecular complexity index is 1620. The van der Waals surface area contributed by atoms with Crippen LogP contribution in [0.2, 0.25) is 0 Å². The molecule has 0 aromatic heterocycles. The molecule has 0 aliphatic heterocycles. The fraction of sp³-hybridized carbons (Fsp3) is 0.720. The summed E-state index contributed by atoms with van der Waals surface area (Å²) in [5.41, 5.74) is 0. The van der Waals surface area contributed by atoms with Gasteiger partial charge in [0.25, 0.3) is 0 Å². The highest BCUT2D eigenvalue weighted by atomic mass is 16.6. The molecule has 1 atom stereocenters. The van der Waals surface area contributed by atoms with E-state index in [1.807, 2.05) is 0 Å². The Morgan fingerprint density at radius 3 is 0.815 bits per heavy atom. The summed E-state index contributed by atoms with van der Waals surface area (Å²) in [7, 11) is 0. The number of rotatable bonds is 62. The number of unbranched alkanes of at least 4 members (excludes halogenated alkanes) is 33. The zero-order valence-electron chi connectivity index (χ0n) is 53.3. The van der Waals surface area contributed by atoms with Crippen molar-refractivity contribution in [2.75, 3.05) is 13.2 Å². The van der Waals surface area contributed by atoms with Gasteiger partial charge in [0.05, 0.1) is 0 Å². The third-order valence-electron chi connectivity index (χ3n) is 14.7. The molecule has 0 aliphatic carbocycles. The molecule has 0 N–H and O–H groups in total. The smallest absolute Gasteiger partial charge is 0.306 e. The van der Waals surface area contributed by atoms with Crippen molar-refractivity contribution in [2.45, 2.75) is 335 Å². The molecule has 0 radical (unpaired) electrons. The average molecular weight is 1130 g/mol. The summed E-state index contributed by atoms with van der Waals surface area (Å²) in [5.74, 6) is -0.913. The molecule has 0 aromatic carbocycles. The maximum absolute atomic E-state index is 12.9. The highest BCUT2D eigenvalue weighted by Crippen LogP contribution is 2.17. The van der Waals surface area contributed by atoms with Crippen LogP contribution in [-0.4, -0.2) is 37.2 Å². The van der Waals surface area contributed by atoms with Crippen LogP contribution in [0.15, 0.2) is 109 Å². The lowest BCUT2D eigenvalue weighted by Gasteiger charge is -2.18. The highest BCUT2D eigenvalue weighted by molar-refractivity contribution is 5.71. The van der Waals surface area contributed by atoms with Gasteiger partial charge in [-0.05, 0) is 103 Å². The van der Waals surface area contributed by atoms with Gasteiger partial charge in [-0.2, -0.15) is 0 Å². The Morgan fingerprint density at radius 1 is 0.259 bits per heavy atom. The van der Waals surface area contributed by atoms with Gasteiger partial charge < -0.3 is 14.2 Å². The number of hydrogen-bond donors (Lipinski definition) is 0. The summed E-state index contributed by atoms with van der Waals surface area (Å²) in [6.07, 6.45) is 94.1. The summed E-state index contributed by atoms with van der Waals surface area (Å²) in [4.78, 5) is 38.3. The number of hydrogen-bond acceptors (Lipinski definition) is 6. The average Bonchev–Trinajstić information content (AvgIpc) is 3.47. The van der Waals surface area contributed by atoms with E-state index in [4.69, 9.17) is 14.2 Å². The molecule has 0 amide bonds. The summed E-state index contributed by atoms with van der Waals surface area (Å²) >= 11 is 0. The molecule has 6 heteroatoms. The van der Waals surface area contributed by atoms with E-state index in [-0.39, 0.29) is 31.1 Å². The summed E-state index contributed by atoms with van der Waals surface area (Å²) in [5, 5.41) is 0. The number of esters is 3. The first kappa shape index (κ1) is 77.1. The quantitative estimate of drug-likeness (QED) is 0.0261. The van der Waals surface area contributed by atoms with Crippen LogP contribution in [0.25, 0.3) is 0 Å². The van der Waals surface area contributed by atoms with Crippen LogP contribution in [0.5, 0.6) is 0 Å². The maximum Gasteiger partial charge on any atom is 0.306 e. The van der Waals surface area contributed by atoms with Gasteiger partial charge in [0.15, 0.2) is 6.10 Å². The number of carbonyl (C=O) groups is 3. The minimum absolute atomic E-state index is 0.0891. The summed E-state index contributed by atoms with van der Waals surface area (Å²) < 4.78 is 16.9. The van der Waals surface area contributed by atoms with E-state index in [1.54, 1.807) is 0 Å². The molecular formula is C75H128O6. The van der Waals surface area contributed by atoms with Crippen LogP contribution in [0, 0.1) is 0 Å². The topological polar surface area (TPSA) is 78.9 Å². The molecule has 1 unspecified atom stereocenters. The van der Waals surface area contributed by atoms with Gasteiger partial charge in [0, 0.05) is 19.3 Å². The number of carbonyl (C=O) groups excluding carboxylic acids is 3. The monoisotopic (exact) mass is 1120 g/mol. The van der Waals surface area contributed by atoms with Gasteiger partial charge in [-0.25, -0.2) is 0 Å². The molecule has 0 saturated heterocycles. The van der Waals surface area contributed by atoms with Crippen molar-refractivity contribution in [2.24, 2.45) is 0 Å². The van der Waals surface area contributed by atoms with Crippen LogP contribution in [0.1, 0.15) is 329 Å². The zero-order valence-corrected chi connectivity index (χ0v) is 53.3. The third-order valence-corrected chi connectivity index (χ3v) is 14.7. The first-order chi connectivity index (χ1) is 40.0. The molecular weight excluding hydrogens is 997 g/mol. The van der Waals surface area contributed by atoms with Crippen LogP contribution < -0.4 is 0 Å². The zero-order chi connectivity index (χ0) is 58.5. The fourth-order valence-corrected chi connectivity index (χ4v) is 9.64. The fourth-order valence-electron chi connectivity index (χ4n) is 9.64. The van der Waals surface area contributed by atoms with Gasteiger partial charge in [0.1, 0.15) is 13.2 Å². The second-order valence-corrected chi connectivity index (χ2v) is 22.7. The Labute approximate surface area is 501 Å². The van der Waals surface area contributed by atoms with Crippen LogP contribution in [0.3, 0.4) is 0 Å². The largest absolute Gasteiger partial charge is 0.462 e. The molecule has 0 spiro atoms. The SMILES string of the molecule is CC/C=C\C/C=C\C/C=C\C/C=C\C/C=C\C/C=C\C/C=C\C/C=C\CCCCCCC(=O)OCC(COC(=O)CCCCCCC/C=C\CCC)OC(=O)CCCCCCCCCCCCCCCCCCCCCCCCCC. The Morgan fingerprint density at radius 2 is 0.506 bits per heavy atom. The van der Waals surface area contributed by atoms with E-state index in [2.05, 4.69) is 130 Å². The van der Waals surface area contributed by atoms with E-state index < -0.39 is 6.10 Å². The molecule has 0 rings (SSSR count). The van der Waals surface area contributed by atoms with E-state index in [0.29, 0.717) is 19.3 Å². The summed E-state index contributed by atoms with van der Waals surface area (Å²) in [6.45, 7) is 6.47. The molecule has 0 fully saturated rings. The lowest BCUT2D eigenvalue weighted by molar-refractivity contribution is -0.167. The number of allylic oxidation sites excluding steroid dienone is 18. The lowest BCUT2D eigenvalue weighted by atomic mass is 10.0. The van der Waals surface area contributed by atoms with Gasteiger partial charge in [-0.1, -0.05) is 316 Å². The predicted octanol–water partition coefficient (Wildman–Crippen LogP) is 23.8. The van der Waals surface area contributed by atoms with Crippen molar-refractivity contribution in [1.82, 2.24) is 0 Å². The normalized spacial score (nSPS) is 12.8. The first-order valence-corrected chi connectivity index (χ1v) is 34.4. The van der Waals surface area contributed by atoms with Crippen LogP contribution in [-0.2, 0) is 28.6 Å². The predicted molar refractivity (Wildman–Crippen MR) is 353 cm³/mol. The number of ether oxygens (including phenoxy) is 3. The molecule has 0 heterocycles. The minimum Gasteiger partial charge on any atom is -0.462 e.